The fourth-order valence-corrected chi connectivity index (χ4v) is 2.74. The van der Waals surface area contributed by atoms with Crippen LogP contribution in [0.5, 0.6) is 0 Å². The van der Waals surface area contributed by atoms with Crippen LogP contribution in [0.3, 0.4) is 0 Å². The summed E-state index contributed by atoms with van der Waals surface area (Å²) in [7, 11) is 0. The van der Waals surface area contributed by atoms with Gasteiger partial charge in [-0.2, -0.15) is 5.26 Å². The van der Waals surface area contributed by atoms with E-state index in [2.05, 4.69) is 36.6 Å². The lowest BCUT2D eigenvalue weighted by molar-refractivity contribution is 0.644. The van der Waals surface area contributed by atoms with Crippen LogP contribution in [-0.2, 0) is 0 Å². The van der Waals surface area contributed by atoms with E-state index < -0.39 is 0 Å². The van der Waals surface area contributed by atoms with Gasteiger partial charge >= 0.3 is 0 Å². The van der Waals surface area contributed by atoms with E-state index in [4.69, 9.17) is 16.9 Å². The Morgan fingerprint density at radius 3 is 2.24 bits per heavy atom. The Hall–Kier alpha value is -1.40. The topological polar surface area (TPSA) is 30.3 Å². The van der Waals surface area contributed by atoms with Gasteiger partial charge in [0.2, 0.25) is 0 Å². The normalized spacial score (nSPS) is 18.2. The number of halogens is 1. The summed E-state index contributed by atoms with van der Waals surface area (Å²) in [6, 6.07) is 5.94. The smallest absolute Gasteiger partial charge is 0.101 e. The Labute approximate surface area is 107 Å². The van der Waals surface area contributed by atoms with Crippen molar-refractivity contribution >= 4 is 23.0 Å². The average Bonchev–Trinajstić information content (AvgIpc) is 2.58. The van der Waals surface area contributed by atoms with Gasteiger partial charge in [0.25, 0.3) is 0 Å². The highest BCUT2D eigenvalue weighted by Gasteiger charge is 2.31. The second-order valence-electron chi connectivity index (χ2n) is 4.14. The molecule has 0 saturated carbocycles. The summed E-state index contributed by atoms with van der Waals surface area (Å²) in [6.07, 6.45) is 0.324. The molecule has 1 heterocycles. The molecule has 0 spiro atoms. The maximum absolute atomic E-state index is 9.03. The molecule has 0 saturated heterocycles. The monoisotopic (exact) mass is 249 g/mol. The number of nitriles is 1. The third-order valence-corrected chi connectivity index (χ3v) is 3.70. The highest BCUT2D eigenvalue weighted by Crippen LogP contribution is 2.42. The Morgan fingerprint density at radius 1 is 1.24 bits per heavy atom. The molecule has 1 aromatic rings. The molecule has 2 rings (SSSR count). The molecule has 0 aromatic heterocycles. The molecule has 1 unspecified atom stereocenters. The van der Waals surface area contributed by atoms with Crippen LogP contribution in [-0.4, -0.2) is 19.3 Å². The first-order valence-electron chi connectivity index (χ1n) is 5.90. The Bertz CT molecular complexity index is 478. The Kier molecular flexibility index (Phi) is 3.17. The van der Waals surface area contributed by atoms with Crippen LogP contribution in [0.15, 0.2) is 12.1 Å². The molecular weight excluding hydrogens is 234 g/mol. The Morgan fingerprint density at radius 2 is 1.76 bits per heavy atom. The van der Waals surface area contributed by atoms with E-state index in [0.717, 1.165) is 24.5 Å². The first-order chi connectivity index (χ1) is 8.13. The van der Waals surface area contributed by atoms with Crippen molar-refractivity contribution in [1.29, 1.82) is 5.26 Å². The molecule has 3 nitrogen and oxygen atoms in total. The van der Waals surface area contributed by atoms with Gasteiger partial charge in [0.1, 0.15) is 6.07 Å². The minimum Gasteiger partial charge on any atom is -0.350 e. The second-order valence-corrected chi connectivity index (χ2v) is 4.54. The number of rotatable bonds is 2. The van der Waals surface area contributed by atoms with Crippen molar-refractivity contribution in [2.24, 2.45) is 0 Å². The summed E-state index contributed by atoms with van der Waals surface area (Å²) in [4.78, 5) is 4.59. The van der Waals surface area contributed by atoms with E-state index in [0.29, 0.717) is 16.8 Å². The minimum absolute atomic E-state index is 0.324. The molecule has 17 heavy (non-hydrogen) atoms. The first-order valence-corrected chi connectivity index (χ1v) is 6.28. The zero-order chi connectivity index (χ0) is 12.6. The van der Waals surface area contributed by atoms with Gasteiger partial charge < -0.3 is 9.80 Å². The largest absolute Gasteiger partial charge is 0.350 e. The second kappa shape index (κ2) is 4.46. The van der Waals surface area contributed by atoms with Gasteiger partial charge in [-0.3, -0.25) is 0 Å². The molecule has 0 radical (unpaired) electrons. The van der Waals surface area contributed by atoms with E-state index in [1.165, 1.54) is 0 Å². The molecule has 0 aliphatic carbocycles. The lowest BCUT2D eigenvalue weighted by Gasteiger charge is -2.28. The third-order valence-electron chi connectivity index (χ3n) is 3.39. The molecule has 1 aliphatic heterocycles. The molecule has 1 aromatic carbocycles. The van der Waals surface area contributed by atoms with Crippen molar-refractivity contribution in [3.05, 3.63) is 22.7 Å². The quantitative estimate of drug-likeness (QED) is 0.806. The van der Waals surface area contributed by atoms with Crippen molar-refractivity contribution < 1.29 is 0 Å². The molecule has 0 amide bonds. The number of hydrogen-bond donors (Lipinski definition) is 0. The van der Waals surface area contributed by atoms with Gasteiger partial charge in [0.15, 0.2) is 0 Å². The van der Waals surface area contributed by atoms with Gasteiger partial charge in [-0.05, 0) is 32.9 Å². The van der Waals surface area contributed by atoms with Crippen molar-refractivity contribution in [3.8, 4) is 6.07 Å². The van der Waals surface area contributed by atoms with Gasteiger partial charge in [-0.1, -0.05) is 11.6 Å². The van der Waals surface area contributed by atoms with Crippen molar-refractivity contribution in [2.75, 3.05) is 22.9 Å². The zero-order valence-electron chi connectivity index (χ0n) is 10.4. The summed E-state index contributed by atoms with van der Waals surface area (Å²) in [5.74, 6) is 0. The van der Waals surface area contributed by atoms with E-state index >= 15 is 0 Å². The summed E-state index contributed by atoms with van der Waals surface area (Å²) < 4.78 is 0. The number of anilines is 2. The summed E-state index contributed by atoms with van der Waals surface area (Å²) in [5, 5.41) is 9.57. The molecule has 0 fully saturated rings. The van der Waals surface area contributed by atoms with E-state index in [1.54, 1.807) is 0 Å². The zero-order valence-corrected chi connectivity index (χ0v) is 11.1. The van der Waals surface area contributed by atoms with Gasteiger partial charge in [0, 0.05) is 13.1 Å². The van der Waals surface area contributed by atoms with Gasteiger partial charge in [-0.25, -0.2) is 0 Å². The van der Waals surface area contributed by atoms with Crippen LogP contribution in [0.4, 0.5) is 11.4 Å². The summed E-state index contributed by atoms with van der Waals surface area (Å²) >= 11 is 6.10. The van der Waals surface area contributed by atoms with Crippen LogP contribution in [0.2, 0.25) is 5.02 Å². The first kappa shape index (κ1) is 12.1. The van der Waals surface area contributed by atoms with Crippen LogP contribution < -0.4 is 9.80 Å². The summed E-state index contributed by atoms with van der Waals surface area (Å²) in [6.45, 7) is 8.29. The number of benzene rings is 1. The number of hydrogen-bond acceptors (Lipinski definition) is 3. The van der Waals surface area contributed by atoms with Gasteiger partial charge in [-0.15, -0.1) is 0 Å². The standard InChI is InChI=1S/C13H16ClN3/c1-4-16-9(3)17(5-2)13-7-11(14)10(8-15)6-12(13)16/h6-7,9H,4-5H2,1-3H3. The molecule has 0 bridgehead atoms. The minimum atomic E-state index is 0.324. The maximum Gasteiger partial charge on any atom is 0.101 e. The van der Waals surface area contributed by atoms with Crippen molar-refractivity contribution in [1.82, 2.24) is 0 Å². The summed E-state index contributed by atoms with van der Waals surface area (Å²) in [5.41, 5.74) is 2.79. The van der Waals surface area contributed by atoms with Crippen LogP contribution >= 0.6 is 11.6 Å². The third kappa shape index (κ3) is 1.73. The average molecular weight is 250 g/mol. The molecule has 0 N–H and O–H groups in total. The molecule has 90 valence electrons. The van der Waals surface area contributed by atoms with Gasteiger partial charge in [0.05, 0.1) is 28.1 Å². The van der Waals surface area contributed by atoms with E-state index in [1.807, 2.05) is 12.1 Å². The lowest BCUT2D eigenvalue weighted by Crippen LogP contribution is -2.40. The molecular formula is C13H16ClN3. The predicted octanol–water partition coefficient (Wildman–Crippen LogP) is 3.22. The SMILES string of the molecule is CCN1c2cc(Cl)c(C#N)cc2N(CC)C1C. The highest BCUT2D eigenvalue weighted by molar-refractivity contribution is 6.32. The number of fused-ring (bicyclic) bond motifs is 1. The fraction of sp³-hybridized carbons (Fsp3) is 0.462. The maximum atomic E-state index is 9.03. The van der Waals surface area contributed by atoms with E-state index in [9.17, 15) is 0 Å². The molecule has 1 atom stereocenters. The van der Waals surface area contributed by atoms with Crippen molar-refractivity contribution in [2.45, 2.75) is 26.9 Å². The van der Waals surface area contributed by atoms with E-state index in [-0.39, 0.29) is 0 Å². The van der Waals surface area contributed by atoms with Crippen LogP contribution in [0.25, 0.3) is 0 Å². The predicted molar refractivity (Wildman–Crippen MR) is 71.7 cm³/mol. The highest BCUT2D eigenvalue weighted by atomic mass is 35.5. The van der Waals surface area contributed by atoms with Crippen molar-refractivity contribution in [3.63, 3.8) is 0 Å². The molecule has 1 aliphatic rings. The number of nitrogens with zero attached hydrogens (tertiary/aromatic N) is 3. The van der Waals surface area contributed by atoms with Crippen LogP contribution in [0.1, 0.15) is 26.3 Å². The lowest BCUT2D eigenvalue weighted by atomic mass is 10.2. The fourth-order valence-electron chi connectivity index (χ4n) is 2.54. The van der Waals surface area contributed by atoms with Crippen LogP contribution in [0, 0.1) is 11.3 Å². The molecule has 4 heteroatoms. The Balaban J connectivity index is 2.59.